The van der Waals surface area contributed by atoms with Crippen LogP contribution in [0.3, 0.4) is 0 Å². The maximum Gasteiger partial charge on any atom is 0.308 e. The number of carboxylic acid groups (broad SMARTS) is 1. The van der Waals surface area contributed by atoms with Gasteiger partial charge in [-0.1, -0.05) is 0 Å². The Balaban J connectivity index is 1.34. The summed E-state index contributed by atoms with van der Waals surface area (Å²) in [4.78, 5) is 18.6. The standard InChI is InChI=1S/C27H34FN3O3/c1-30-14-3-5-20(30)6-4-15-31-16-12-19(24(18-31)27(32)33)7-9-25(28)22-11-13-29-26-10-8-21(34-2)17-23(22)26/h3,5,8,10-11,13-14,17,19,24-25H,4,6-7,9,12,15-16,18H2,1-2H3,(H,32,33)/t19-,24+,25?/m1/s1. The van der Waals surface area contributed by atoms with Gasteiger partial charge in [0.05, 0.1) is 18.5 Å². The Hall–Kier alpha value is -2.93. The number of aliphatic carboxylic acids is 1. The fourth-order valence-corrected chi connectivity index (χ4v) is 5.20. The minimum atomic E-state index is -1.17. The zero-order valence-corrected chi connectivity index (χ0v) is 20.0. The van der Waals surface area contributed by atoms with Crippen molar-refractivity contribution in [2.45, 2.75) is 38.3 Å². The van der Waals surface area contributed by atoms with Crippen LogP contribution in [0.2, 0.25) is 0 Å². The first-order valence-corrected chi connectivity index (χ1v) is 12.1. The number of nitrogens with zero attached hydrogens (tertiary/aromatic N) is 3. The van der Waals surface area contributed by atoms with Crippen molar-refractivity contribution in [2.75, 3.05) is 26.7 Å². The first kappa shape index (κ1) is 24.2. The van der Waals surface area contributed by atoms with E-state index in [0.29, 0.717) is 30.7 Å². The summed E-state index contributed by atoms with van der Waals surface area (Å²) in [5.41, 5.74) is 2.61. The number of rotatable bonds is 10. The molecule has 1 aliphatic rings. The van der Waals surface area contributed by atoms with Crippen LogP contribution in [0.1, 0.15) is 43.1 Å². The monoisotopic (exact) mass is 467 g/mol. The Morgan fingerprint density at radius 1 is 1.32 bits per heavy atom. The number of benzene rings is 1. The molecule has 1 saturated heterocycles. The largest absolute Gasteiger partial charge is 0.497 e. The number of alkyl halides is 1. The number of hydrogen-bond acceptors (Lipinski definition) is 4. The second-order valence-corrected chi connectivity index (χ2v) is 9.34. The third kappa shape index (κ3) is 5.58. The van der Waals surface area contributed by atoms with Crippen LogP contribution < -0.4 is 4.74 Å². The molecule has 1 unspecified atom stereocenters. The molecule has 0 bridgehead atoms. The molecular formula is C27H34FN3O3. The number of carbonyl (C=O) groups is 1. The number of pyridine rings is 1. The number of carboxylic acids is 1. The van der Waals surface area contributed by atoms with Crippen molar-refractivity contribution in [2.24, 2.45) is 18.9 Å². The van der Waals surface area contributed by atoms with Gasteiger partial charge in [-0.05, 0) is 93.1 Å². The summed E-state index contributed by atoms with van der Waals surface area (Å²) < 4.78 is 22.8. The van der Waals surface area contributed by atoms with Gasteiger partial charge < -0.3 is 19.3 Å². The fourth-order valence-electron chi connectivity index (χ4n) is 5.20. The second kappa shape index (κ2) is 11.0. The van der Waals surface area contributed by atoms with Gasteiger partial charge in [0, 0.05) is 37.1 Å². The van der Waals surface area contributed by atoms with Gasteiger partial charge in [-0.2, -0.15) is 0 Å². The van der Waals surface area contributed by atoms with Crippen LogP contribution in [0.15, 0.2) is 48.8 Å². The first-order valence-electron chi connectivity index (χ1n) is 12.1. The van der Waals surface area contributed by atoms with Crippen molar-refractivity contribution in [3.05, 3.63) is 60.0 Å². The van der Waals surface area contributed by atoms with Crippen LogP contribution in [-0.4, -0.2) is 52.3 Å². The molecule has 3 aromatic rings. The number of hydrogen-bond donors (Lipinski definition) is 1. The van der Waals surface area contributed by atoms with E-state index < -0.39 is 18.1 Å². The SMILES string of the molecule is COc1ccc2nccc(C(F)CC[C@@H]3CCN(CCCc4cccn4C)C[C@@H]3C(=O)O)c2c1. The highest BCUT2D eigenvalue weighted by Crippen LogP contribution is 2.35. The molecule has 3 atom stereocenters. The molecule has 2 aromatic heterocycles. The Bertz CT molecular complexity index is 1120. The molecular weight excluding hydrogens is 433 g/mol. The lowest BCUT2D eigenvalue weighted by atomic mass is 9.81. The normalized spacial score (nSPS) is 19.9. The van der Waals surface area contributed by atoms with Crippen molar-refractivity contribution in [1.29, 1.82) is 0 Å². The summed E-state index contributed by atoms with van der Waals surface area (Å²) in [5, 5.41) is 10.6. The third-order valence-corrected chi connectivity index (χ3v) is 7.23. The van der Waals surface area contributed by atoms with Crippen molar-refractivity contribution in [1.82, 2.24) is 14.5 Å². The van der Waals surface area contributed by atoms with Gasteiger partial charge in [0.1, 0.15) is 11.9 Å². The number of halogens is 1. The number of fused-ring (bicyclic) bond motifs is 1. The Kier molecular flexibility index (Phi) is 7.83. The molecule has 0 radical (unpaired) electrons. The Morgan fingerprint density at radius 3 is 2.91 bits per heavy atom. The molecule has 0 amide bonds. The number of aryl methyl sites for hydroxylation is 2. The van der Waals surface area contributed by atoms with Crippen molar-refractivity contribution in [3.8, 4) is 5.75 Å². The molecule has 1 aromatic carbocycles. The number of piperidine rings is 1. The lowest BCUT2D eigenvalue weighted by molar-refractivity contribution is -0.146. The molecule has 7 heteroatoms. The van der Waals surface area contributed by atoms with Crippen LogP contribution in [0.4, 0.5) is 4.39 Å². The van der Waals surface area contributed by atoms with E-state index in [-0.39, 0.29) is 5.92 Å². The highest BCUT2D eigenvalue weighted by molar-refractivity contribution is 5.83. The van der Waals surface area contributed by atoms with Crippen LogP contribution in [0, 0.1) is 11.8 Å². The smallest absolute Gasteiger partial charge is 0.308 e. The van der Waals surface area contributed by atoms with E-state index in [1.165, 1.54) is 5.69 Å². The van der Waals surface area contributed by atoms with Gasteiger partial charge in [-0.15, -0.1) is 0 Å². The molecule has 0 spiro atoms. The Labute approximate surface area is 200 Å². The summed E-state index contributed by atoms with van der Waals surface area (Å²) in [6.07, 6.45) is 6.14. The van der Waals surface area contributed by atoms with Crippen molar-refractivity contribution >= 4 is 16.9 Å². The van der Waals surface area contributed by atoms with E-state index in [0.717, 1.165) is 43.3 Å². The number of methoxy groups -OCH3 is 1. The van der Waals surface area contributed by atoms with Crippen LogP contribution in [0.5, 0.6) is 5.75 Å². The number of ether oxygens (including phenoxy) is 1. The average Bonchev–Trinajstić information content (AvgIpc) is 3.26. The van der Waals surface area contributed by atoms with Crippen LogP contribution in [-0.2, 0) is 18.3 Å². The van der Waals surface area contributed by atoms with Crippen LogP contribution in [0.25, 0.3) is 10.9 Å². The molecule has 1 aliphatic heterocycles. The molecule has 3 heterocycles. The highest BCUT2D eigenvalue weighted by Gasteiger charge is 2.34. The van der Waals surface area contributed by atoms with Gasteiger partial charge >= 0.3 is 5.97 Å². The predicted molar refractivity (Wildman–Crippen MR) is 131 cm³/mol. The maximum atomic E-state index is 15.4. The minimum absolute atomic E-state index is 0.0116. The van der Waals surface area contributed by atoms with E-state index in [1.54, 1.807) is 19.4 Å². The Morgan fingerprint density at radius 2 is 2.18 bits per heavy atom. The van der Waals surface area contributed by atoms with Crippen molar-refractivity contribution < 1.29 is 19.0 Å². The molecule has 6 nitrogen and oxygen atoms in total. The molecule has 0 saturated carbocycles. The summed E-state index contributed by atoms with van der Waals surface area (Å²) >= 11 is 0. The quantitative estimate of drug-likeness (QED) is 0.453. The van der Waals surface area contributed by atoms with Gasteiger partial charge in [-0.25, -0.2) is 4.39 Å². The van der Waals surface area contributed by atoms with E-state index in [2.05, 4.69) is 20.5 Å². The highest BCUT2D eigenvalue weighted by atomic mass is 19.1. The molecule has 182 valence electrons. The third-order valence-electron chi connectivity index (χ3n) is 7.23. The zero-order chi connectivity index (χ0) is 24.1. The van der Waals surface area contributed by atoms with E-state index in [1.807, 2.05) is 37.5 Å². The summed E-state index contributed by atoms with van der Waals surface area (Å²) in [6.45, 7) is 2.30. The minimum Gasteiger partial charge on any atom is -0.497 e. The summed E-state index contributed by atoms with van der Waals surface area (Å²) in [7, 11) is 3.63. The molecule has 1 N–H and O–H groups in total. The fraction of sp³-hybridized carbons (Fsp3) is 0.481. The van der Waals surface area contributed by atoms with E-state index in [9.17, 15) is 9.90 Å². The van der Waals surface area contributed by atoms with Gasteiger partial charge in [-0.3, -0.25) is 9.78 Å². The predicted octanol–water partition coefficient (Wildman–Crippen LogP) is 5.03. The molecule has 4 rings (SSSR count). The van der Waals surface area contributed by atoms with Gasteiger partial charge in [0.2, 0.25) is 0 Å². The average molecular weight is 468 g/mol. The zero-order valence-electron chi connectivity index (χ0n) is 20.0. The summed E-state index contributed by atoms with van der Waals surface area (Å²) in [6, 6.07) is 11.4. The topological polar surface area (TPSA) is 67.6 Å². The molecule has 1 fully saturated rings. The lowest BCUT2D eigenvalue weighted by Gasteiger charge is -2.37. The molecule has 0 aliphatic carbocycles. The van der Waals surface area contributed by atoms with Crippen LogP contribution >= 0.6 is 0 Å². The molecule has 34 heavy (non-hydrogen) atoms. The maximum absolute atomic E-state index is 15.4. The van der Waals surface area contributed by atoms with E-state index >= 15 is 4.39 Å². The summed E-state index contributed by atoms with van der Waals surface area (Å²) in [5.74, 6) is -0.571. The van der Waals surface area contributed by atoms with Gasteiger partial charge in [0.15, 0.2) is 0 Å². The van der Waals surface area contributed by atoms with Crippen molar-refractivity contribution in [3.63, 3.8) is 0 Å². The first-order chi connectivity index (χ1) is 16.5. The second-order valence-electron chi connectivity index (χ2n) is 9.34. The number of likely N-dealkylation sites (tertiary alicyclic amines) is 1. The lowest BCUT2D eigenvalue weighted by Crippen LogP contribution is -2.44. The van der Waals surface area contributed by atoms with Gasteiger partial charge in [0.25, 0.3) is 0 Å². The number of aromatic nitrogens is 2. The van der Waals surface area contributed by atoms with E-state index in [4.69, 9.17) is 4.74 Å².